The van der Waals surface area contributed by atoms with Crippen LogP contribution >= 0.6 is 0 Å². The first-order valence-corrected chi connectivity index (χ1v) is 6.88. The van der Waals surface area contributed by atoms with Crippen molar-refractivity contribution in [1.82, 2.24) is 0 Å². The van der Waals surface area contributed by atoms with Crippen LogP contribution in [0.25, 0.3) is 10.8 Å². The molecule has 0 bridgehead atoms. The molecule has 4 rings (SSSR count). The van der Waals surface area contributed by atoms with E-state index in [0.717, 1.165) is 16.3 Å². The monoisotopic (exact) mass is 272 g/mol. The summed E-state index contributed by atoms with van der Waals surface area (Å²) in [5.74, 6) is -0.120. The Hall–Kier alpha value is -2.74. The molecule has 2 heteroatoms. The molecule has 0 radical (unpaired) electrons. The number of carbonyl (C=O) groups excluding carboxylic acids is 2. The fourth-order valence-corrected chi connectivity index (χ4v) is 3.03. The van der Waals surface area contributed by atoms with Crippen molar-refractivity contribution in [1.29, 1.82) is 0 Å². The lowest BCUT2D eigenvalue weighted by molar-refractivity contribution is 0.0980. The summed E-state index contributed by atoms with van der Waals surface area (Å²) in [6.45, 7) is 1.93. The van der Waals surface area contributed by atoms with Gasteiger partial charge in [-0.2, -0.15) is 0 Å². The summed E-state index contributed by atoms with van der Waals surface area (Å²) in [6.07, 6.45) is 0. The van der Waals surface area contributed by atoms with Crippen LogP contribution in [-0.4, -0.2) is 11.6 Å². The molecule has 0 unspecified atom stereocenters. The molecular weight excluding hydrogens is 260 g/mol. The largest absolute Gasteiger partial charge is 0.289 e. The maximum atomic E-state index is 12.9. The van der Waals surface area contributed by atoms with Crippen LogP contribution in [0.1, 0.15) is 37.4 Å². The van der Waals surface area contributed by atoms with Gasteiger partial charge in [0.1, 0.15) is 0 Å². The first-order chi connectivity index (χ1) is 10.2. The number of carbonyl (C=O) groups is 2. The molecule has 1 aliphatic rings. The van der Waals surface area contributed by atoms with E-state index in [9.17, 15) is 9.59 Å². The summed E-state index contributed by atoms with van der Waals surface area (Å²) in [5.41, 5.74) is 3.06. The van der Waals surface area contributed by atoms with Gasteiger partial charge in [-0.3, -0.25) is 9.59 Å². The van der Waals surface area contributed by atoms with Gasteiger partial charge in [0.05, 0.1) is 0 Å². The lowest BCUT2D eigenvalue weighted by atomic mass is 9.81. The van der Waals surface area contributed by atoms with Crippen LogP contribution in [0.3, 0.4) is 0 Å². The zero-order chi connectivity index (χ0) is 14.6. The fraction of sp³-hybridized carbons (Fsp3) is 0.0526. The molecule has 0 aliphatic heterocycles. The molecule has 2 nitrogen and oxygen atoms in total. The van der Waals surface area contributed by atoms with Gasteiger partial charge < -0.3 is 0 Å². The van der Waals surface area contributed by atoms with Gasteiger partial charge in [0, 0.05) is 22.3 Å². The van der Waals surface area contributed by atoms with E-state index in [-0.39, 0.29) is 11.6 Å². The third kappa shape index (κ3) is 1.59. The van der Waals surface area contributed by atoms with Gasteiger partial charge in [-0.25, -0.2) is 0 Å². The summed E-state index contributed by atoms with van der Waals surface area (Å²) in [4.78, 5) is 25.5. The predicted molar refractivity (Wildman–Crippen MR) is 82.0 cm³/mol. The van der Waals surface area contributed by atoms with Gasteiger partial charge in [0.25, 0.3) is 0 Å². The van der Waals surface area contributed by atoms with E-state index in [4.69, 9.17) is 0 Å². The molecule has 21 heavy (non-hydrogen) atoms. The average molecular weight is 272 g/mol. The van der Waals surface area contributed by atoms with Crippen molar-refractivity contribution < 1.29 is 9.59 Å². The number of fused-ring (bicyclic) bond motifs is 4. The molecule has 0 saturated carbocycles. The van der Waals surface area contributed by atoms with E-state index in [1.807, 2.05) is 43.3 Å². The van der Waals surface area contributed by atoms with E-state index in [1.165, 1.54) is 0 Å². The third-order valence-corrected chi connectivity index (χ3v) is 4.07. The van der Waals surface area contributed by atoms with Crippen molar-refractivity contribution in [2.45, 2.75) is 6.92 Å². The van der Waals surface area contributed by atoms with Crippen LogP contribution in [-0.2, 0) is 0 Å². The predicted octanol–water partition coefficient (Wildman–Crippen LogP) is 3.92. The molecule has 0 aromatic heterocycles. The Morgan fingerprint density at radius 3 is 2.33 bits per heavy atom. The molecule has 0 fully saturated rings. The van der Waals surface area contributed by atoms with Gasteiger partial charge in [-0.15, -0.1) is 0 Å². The van der Waals surface area contributed by atoms with Gasteiger partial charge in [-0.05, 0) is 29.8 Å². The van der Waals surface area contributed by atoms with E-state index in [0.29, 0.717) is 22.3 Å². The first-order valence-electron chi connectivity index (χ1n) is 6.88. The lowest BCUT2D eigenvalue weighted by Gasteiger charge is -2.19. The Kier molecular flexibility index (Phi) is 2.36. The minimum Gasteiger partial charge on any atom is -0.289 e. The molecule has 0 spiro atoms. The average Bonchev–Trinajstić information content (AvgIpc) is 2.51. The van der Waals surface area contributed by atoms with Crippen LogP contribution < -0.4 is 0 Å². The second kappa shape index (κ2) is 4.13. The summed E-state index contributed by atoms with van der Waals surface area (Å²) in [6, 6.07) is 16.8. The Labute approximate surface area is 122 Å². The van der Waals surface area contributed by atoms with Crippen molar-refractivity contribution in [2.24, 2.45) is 0 Å². The molecule has 0 amide bonds. The van der Waals surface area contributed by atoms with E-state index < -0.39 is 0 Å². The molecule has 3 aromatic carbocycles. The van der Waals surface area contributed by atoms with Crippen molar-refractivity contribution in [3.63, 3.8) is 0 Å². The topological polar surface area (TPSA) is 34.1 Å². The fourth-order valence-electron chi connectivity index (χ4n) is 3.03. The molecule has 0 heterocycles. The second-order valence-corrected chi connectivity index (χ2v) is 5.42. The van der Waals surface area contributed by atoms with Gasteiger partial charge in [0.15, 0.2) is 11.6 Å². The number of aryl methyl sites for hydroxylation is 1. The quantitative estimate of drug-likeness (QED) is 0.486. The van der Waals surface area contributed by atoms with Gasteiger partial charge in [-0.1, -0.05) is 48.0 Å². The van der Waals surface area contributed by atoms with E-state index >= 15 is 0 Å². The summed E-state index contributed by atoms with van der Waals surface area (Å²) in [5, 5.41) is 1.83. The molecule has 3 aromatic rings. The van der Waals surface area contributed by atoms with Crippen LogP contribution in [0.5, 0.6) is 0 Å². The SMILES string of the molecule is Cc1ccc2c(c1)C(=O)c1c(ccc3ccccc13)C2=O. The smallest absolute Gasteiger partial charge is 0.195 e. The third-order valence-electron chi connectivity index (χ3n) is 4.07. The summed E-state index contributed by atoms with van der Waals surface area (Å²) >= 11 is 0. The molecular formula is C19H12O2. The van der Waals surface area contributed by atoms with Crippen molar-refractivity contribution in [2.75, 3.05) is 0 Å². The molecule has 0 saturated heterocycles. The minimum atomic E-state index is -0.0645. The Morgan fingerprint density at radius 2 is 1.48 bits per heavy atom. The normalized spacial score (nSPS) is 13.2. The van der Waals surface area contributed by atoms with Crippen molar-refractivity contribution >= 4 is 22.3 Å². The van der Waals surface area contributed by atoms with E-state index in [2.05, 4.69) is 0 Å². The number of benzene rings is 3. The van der Waals surface area contributed by atoms with Crippen molar-refractivity contribution in [3.05, 3.63) is 82.4 Å². The minimum absolute atomic E-state index is 0.0555. The van der Waals surface area contributed by atoms with Gasteiger partial charge >= 0.3 is 0 Å². The highest BCUT2D eigenvalue weighted by Gasteiger charge is 2.30. The highest BCUT2D eigenvalue weighted by atomic mass is 16.1. The maximum absolute atomic E-state index is 12.9. The zero-order valence-corrected chi connectivity index (χ0v) is 11.5. The molecule has 1 aliphatic carbocycles. The summed E-state index contributed by atoms with van der Waals surface area (Å²) < 4.78 is 0. The van der Waals surface area contributed by atoms with Crippen LogP contribution in [0.15, 0.2) is 54.6 Å². The highest BCUT2D eigenvalue weighted by Crippen LogP contribution is 2.32. The number of hydrogen-bond donors (Lipinski definition) is 0. The van der Waals surface area contributed by atoms with Crippen LogP contribution in [0.2, 0.25) is 0 Å². The first kappa shape index (κ1) is 12.0. The number of hydrogen-bond acceptors (Lipinski definition) is 2. The summed E-state index contributed by atoms with van der Waals surface area (Å²) in [7, 11) is 0. The molecule has 0 N–H and O–H groups in total. The van der Waals surface area contributed by atoms with Crippen LogP contribution in [0.4, 0.5) is 0 Å². The Bertz CT molecular complexity index is 935. The Balaban J connectivity index is 2.12. The lowest BCUT2D eigenvalue weighted by Crippen LogP contribution is -2.21. The highest BCUT2D eigenvalue weighted by molar-refractivity contribution is 6.32. The molecule has 0 atom stereocenters. The maximum Gasteiger partial charge on any atom is 0.195 e. The van der Waals surface area contributed by atoms with E-state index in [1.54, 1.807) is 18.2 Å². The van der Waals surface area contributed by atoms with Crippen LogP contribution in [0, 0.1) is 6.92 Å². The molecule has 100 valence electrons. The van der Waals surface area contributed by atoms with Crippen molar-refractivity contribution in [3.8, 4) is 0 Å². The Morgan fingerprint density at radius 1 is 0.714 bits per heavy atom. The zero-order valence-electron chi connectivity index (χ0n) is 11.5. The number of ketones is 2. The standard InChI is InChI=1S/C19H12O2/c1-11-6-8-14-16(10-11)19(21)17-13-5-3-2-4-12(13)7-9-15(17)18(14)20/h2-10H,1H3. The number of rotatable bonds is 0. The van der Waals surface area contributed by atoms with Gasteiger partial charge in [0.2, 0.25) is 0 Å². The second-order valence-electron chi connectivity index (χ2n) is 5.42.